The highest BCUT2D eigenvalue weighted by Gasteiger charge is 2.45. The van der Waals surface area contributed by atoms with Crippen LogP contribution in [0, 0.1) is 11.6 Å². The number of benzene rings is 2. The van der Waals surface area contributed by atoms with E-state index >= 15 is 4.39 Å². The van der Waals surface area contributed by atoms with Gasteiger partial charge in [0.2, 0.25) is 0 Å². The average Bonchev–Trinajstić information content (AvgIpc) is 3.79. The molecule has 0 spiro atoms. The van der Waals surface area contributed by atoms with Gasteiger partial charge in [0.15, 0.2) is 5.82 Å². The Balaban J connectivity index is 1.30. The van der Waals surface area contributed by atoms with Crippen LogP contribution in [0.15, 0.2) is 36.5 Å². The van der Waals surface area contributed by atoms with Gasteiger partial charge >= 0.3 is 12.1 Å². The van der Waals surface area contributed by atoms with Gasteiger partial charge in [0.1, 0.15) is 35.1 Å². The average molecular weight is 659 g/mol. The summed E-state index contributed by atoms with van der Waals surface area (Å²) in [6.45, 7) is 10.9. The van der Waals surface area contributed by atoms with Crippen molar-refractivity contribution in [2.24, 2.45) is 0 Å². The standard InChI is InChI=1S/C37H44F2N6O3/c1-6-25-28(38)13-12-23-10-7-11-26(29(23)25)31-30(39)32-27(20-40-31)33(43(5)24-14-19-44(21-24)35(46)48-36(2,3)4)42-34(41-32)47-22-37-15-8-17-45(37)18-9-16-37/h7,10-13,20,24H,6,8-9,14-19,21-22H2,1-5H3/t24-/m1/s1. The Morgan fingerprint density at radius 3 is 2.58 bits per heavy atom. The fourth-order valence-corrected chi connectivity index (χ4v) is 7.90. The number of rotatable bonds is 7. The highest BCUT2D eigenvalue weighted by molar-refractivity contribution is 6.00. The molecule has 48 heavy (non-hydrogen) atoms. The fourth-order valence-electron chi connectivity index (χ4n) is 7.90. The number of anilines is 1. The number of pyridine rings is 1. The van der Waals surface area contributed by atoms with E-state index in [1.165, 1.54) is 6.07 Å². The molecule has 0 bridgehead atoms. The number of aromatic nitrogens is 3. The third kappa shape index (κ3) is 5.80. The number of amides is 1. The van der Waals surface area contributed by atoms with Crippen LogP contribution in [0.25, 0.3) is 32.9 Å². The lowest BCUT2D eigenvalue weighted by Crippen LogP contribution is -2.43. The van der Waals surface area contributed by atoms with E-state index in [4.69, 9.17) is 14.5 Å². The Hall–Kier alpha value is -4.12. The van der Waals surface area contributed by atoms with Crippen LogP contribution in [-0.2, 0) is 11.2 Å². The summed E-state index contributed by atoms with van der Waals surface area (Å²) in [7, 11) is 1.90. The monoisotopic (exact) mass is 658 g/mol. The number of hydrogen-bond donors (Lipinski definition) is 0. The van der Waals surface area contributed by atoms with Gasteiger partial charge in [-0.15, -0.1) is 0 Å². The molecule has 0 radical (unpaired) electrons. The number of likely N-dealkylation sites (N-methyl/N-ethyl adjacent to an activating group) is 1. The molecule has 11 heteroatoms. The van der Waals surface area contributed by atoms with Gasteiger partial charge in [0.05, 0.1) is 10.9 Å². The predicted molar refractivity (Wildman–Crippen MR) is 182 cm³/mol. The Morgan fingerprint density at radius 2 is 1.85 bits per heavy atom. The molecular weight excluding hydrogens is 614 g/mol. The van der Waals surface area contributed by atoms with Crippen LogP contribution in [0.3, 0.4) is 0 Å². The highest BCUT2D eigenvalue weighted by atomic mass is 19.1. The number of hydrogen-bond acceptors (Lipinski definition) is 8. The second-order valence-corrected chi connectivity index (χ2v) is 14.5. The molecule has 2 aromatic carbocycles. The van der Waals surface area contributed by atoms with Crippen LogP contribution in [0.1, 0.15) is 65.4 Å². The fraction of sp³-hybridized carbons (Fsp3) is 0.514. The lowest BCUT2D eigenvalue weighted by Gasteiger charge is -2.31. The SMILES string of the molecule is CCc1c(F)ccc2cccc(-c3ncc4c(N(C)[C@@H]5CCN(C(=O)OC(C)(C)C)C5)nc(OCC56CCCN5CCC6)nc4c3F)c12. The van der Waals surface area contributed by atoms with Gasteiger partial charge in [-0.25, -0.2) is 13.6 Å². The lowest BCUT2D eigenvalue weighted by atomic mass is 9.95. The predicted octanol–water partition coefficient (Wildman–Crippen LogP) is 7.14. The van der Waals surface area contributed by atoms with Crippen molar-refractivity contribution >= 4 is 33.6 Å². The van der Waals surface area contributed by atoms with E-state index < -0.39 is 11.4 Å². The van der Waals surface area contributed by atoms with Crippen LogP contribution < -0.4 is 9.64 Å². The van der Waals surface area contributed by atoms with E-state index in [2.05, 4.69) is 14.9 Å². The first-order chi connectivity index (χ1) is 23.0. The number of likely N-dealkylation sites (tertiary alicyclic amines) is 1. The topological polar surface area (TPSA) is 83.9 Å². The first-order valence-electron chi connectivity index (χ1n) is 17.1. The summed E-state index contributed by atoms with van der Waals surface area (Å²) < 4.78 is 43.9. The van der Waals surface area contributed by atoms with Crippen molar-refractivity contribution in [3.63, 3.8) is 0 Å². The molecule has 5 heterocycles. The van der Waals surface area contributed by atoms with E-state index in [0.29, 0.717) is 60.3 Å². The summed E-state index contributed by atoms with van der Waals surface area (Å²) in [5.41, 5.74) is 0.569. The minimum absolute atomic E-state index is 0.0463. The minimum Gasteiger partial charge on any atom is -0.461 e. The molecule has 3 aliphatic rings. The maximum Gasteiger partial charge on any atom is 0.410 e. The summed E-state index contributed by atoms with van der Waals surface area (Å²) >= 11 is 0. The van der Waals surface area contributed by atoms with Crippen LogP contribution >= 0.6 is 0 Å². The summed E-state index contributed by atoms with van der Waals surface area (Å²) in [6, 6.07) is 8.68. The number of aryl methyl sites for hydroxylation is 1. The molecule has 7 rings (SSSR count). The number of ether oxygens (including phenoxy) is 2. The molecule has 3 aliphatic heterocycles. The number of halogens is 2. The summed E-state index contributed by atoms with van der Waals surface area (Å²) in [5, 5.41) is 1.89. The van der Waals surface area contributed by atoms with Crippen LogP contribution in [0.5, 0.6) is 6.01 Å². The summed E-state index contributed by atoms with van der Waals surface area (Å²) in [6.07, 6.45) is 6.73. The Bertz CT molecular complexity index is 1870. The molecule has 1 amide bonds. The molecule has 9 nitrogen and oxygen atoms in total. The third-order valence-electron chi connectivity index (χ3n) is 10.3. The van der Waals surface area contributed by atoms with Crippen LogP contribution in [-0.4, -0.2) is 87.9 Å². The van der Waals surface area contributed by atoms with Gasteiger partial charge < -0.3 is 19.3 Å². The van der Waals surface area contributed by atoms with Crippen LogP contribution in [0.2, 0.25) is 0 Å². The molecule has 4 aromatic rings. The summed E-state index contributed by atoms with van der Waals surface area (Å²) in [5.74, 6) is -0.462. The van der Waals surface area contributed by atoms with Gasteiger partial charge in [0, 0.05) is 37.9 Å². The molecule has 3 fully saturated rings. The molecule has 1 atom stereocenters. The van der Waals surface area contributed by atoms with Crippen molar-refractivity contribution < 1.29 is 23.0 Å². The normalized spacial score (nSPS) is 19.3. The second kappa shape index (κ2) is 12.4. The van der Waals surface area contributed by atoms with E-state index in [1.807, 2.05) is 51.8 Å². The molecule has 254 valence electrons. The molecule has 2 aromatic heterocycles. The zero-order valence-electron chi connectivity index (χ0n) is 28.5. The molecule has 0 saturated carbocycles. The van der Waals surface area contributed by atoms with E-state index in [9.17, 15) is 9.18 Å². The van der Waals surface area contributed by atoms with Crippen LogP contribution in [0.4, 0.5) is 19.4 Å². The highest BCUT2D eigenvalue weighted by Crippen LogP contribution is 2.40. The molecule has 0 N–H and O–H groups in total. The molecular formula is C37H44F2N6O3. The summed E-state index contributed by atoms with van der Waals surface area (Å²) in [4.78, 5) is 33.2. The van der Waals surface area contributed by atoms with Crippen molar-refractivity contribution in [3.8, 4) is 17.3 Å². The largest absolute Gasteiger partial charge is 0.461 e. The number of carbonyl (C=O) groups is 1. The van der Waals surface area contributed by atoms with Crippen molar-refractivity contribution in [3.05, 3.63) is 53.7 Å². The van der Waals surface area contributed by atoms with Gasteiger partial charge in [-0.3, -0.25) is 9.88 Å². The van der Waals surface area contributed by atoms with E-state index in [0.717, 1.165) is 44.2 Å². The van der Waals surface area contributed by atoms with Gasteiger partial charge in [-0.1, -0.05) is 31.2 Å². The smallest absolute Gasteiger partial charge is 0.410 e. The zero-order valence-corrected chi connectivity index (χ0v) is 28.5. The second-order valence-electron chi connectivity index (χ2n) is 14.5. The maximum atomic E-state index is 16.9. The molecule has 3 saturated heterocycles. The zero-order chi connectivity index (χ0) is 33.8. The van der Waals surface area contributed by atoms with E-state index in [1.54, 1.807) is 23.2 Å². The van der Waals surface area contributed by atoms with Crippen molar-refractivity contribution in [2.45, 2.75) is 83.4 Å². The minimum atomic E-state index is -0.614. The Labute approximate surface area is 280 Å². The molecule has 0 unspecified atom stereocenters. The number of carbonyl (C=O) groups excluding carboxylic acids is 1. The van der Waals surface area contributed by atoms with Crippen molar-refractivity contribution in [2.75, 3.05) is 44.7 Å². The lowest BCUT2D eigenvalue weighted by molar-refractivity contribution is 0.0292. The van der Waals surface area contributed by atoms with Gasteiger partial charge in [-0.05, 0) is 94.8 Å². The first-order valence-corrected chi connectivity index (χ1v) is 17.1. The van der Waals surface area contributed by atoms with Gasteiger partial charge in [0.25, 0.3) is 0 Å². The number of nitrogens with zero attached hydrogens (tertiary/aromatic N) is 6. The van der Waals surface area contributed by atoms with E-state index in [-0.39, 0.29) is 40.7 Å². The number of fused-ring (bicyclic) bond motifs is 3. The third-order valence-corrected chi connectivity index (χ3v) is 10.3. The van der Waals surface area contributed by atoms with Gasteiger partial charge in [-0.2, -0.15) is 9.97 Å². The maximum absolute atomic E-state index is 16.9. The molecule has 0 aliphatic carbocycles. The Kier molecular flexibility index (Phi) is 8.38. The van der Waals surface area contributed by atoms with Crippen molar-refractivity contribution in [1.82, 2.24) is 24.8 Å². The Morgan fingerprint density at radius 1 is 1.08 bits per heavy atom. The van der Waals surface area contributed by atoms with Crippen molar-refractivity contribution in [1.29, 1.82) is 0 Å². The first kappa shape index (κ1) is 32.4. The quantitative estimate of drug-likeness (QED) is 0.207.